The van der Waals surface area contributed by atoms with E-state index < -0.39 is 5.54 Å². The van der Waals surface area contributed by atoms with Crippen molar-refractivity contribution in [1.29, 1.82) is 0 Å². The number of aliphatic hydroxyl groups is 1. The topological polar surface area (TPSA) is 134 Å². The fourth-order valence-electron chi connectivity index (χ4n) is 5.32. The van der Waals surface area contributed by atoms with Gasteiger partial charge in [0.2, 0.25) is 11.8 Å². The number of aliphatic imine (C=N–C) groups is 1. The molecule has 6 rings (SSSR count). The summed E-state index contributed by atoms with van der Waals surface area (Å²) in [6.07, 6.45) is 4.87. The first-order valence-electron chi connectivity index (χ1n) is 13.5. The van der Waals surface area contributed by atoms with Crippen molar-refractivity contribution in [2.24, 2.45) is 4.99 Å². The van der Waals surface area contributed by atoms with Gasteiger partial charge in [0, 0.05) is 38.7 Å². The lowest BCUT2D eigenvalue weighted by Gasteiger charge is -2.28. The summed E-state index contributed by atoms with van der Waals surface area (Å²) in [6, 6.07) is 11.2. The van der Waals surface area contributed by atoms with Gasteiger partial charge < -0.3 is 30.1 Å². The number of pyridine rings is 1. The van der Waals surface area contributed by atoms with Crippen molar-refractivity contribution < 1.29 is 19.4 Å². The van der Waals surface area contributed by atoms with E-state index in [9.17, 15) is 9.90 Å². The van der Waals surface area contributed by atoms with Crippen LogP contribution in [0.4, 0.5) is 17.5 Å². The fraction of sp³-hybridized carbons (Fsp3) is 0.414. The molecule has 0 saturated carbocycles. The number of aliphatic hydroxyl groups excluding tert-OH is 1. The average molecular weight is 544 g/mol. The van der Waals surface area contributed by atoms with E-state index in [-0.39, 0.29) is 24.1 Å². The molecule has 3 N–H and O–H groups in total. The van der Waals surface area contributed by atoms with Crippen LogP contribution in [0.5, 0.6) is 0 Å². The van der Waals surface area contributed by atoms with Gasteiger partial charge >= 0.3 is 0 Å². The molecule has 1 atom stereocenters. The number of carbonyl (C=O) groups excluding carboxylic acids is 1. The lowest BCUT2D eigenvalue weighted by Crippen LogP contribution is -2.35. The van der Waals surface area contributed by atoms with Gasteiger partial charge in [0.05, 0.1) is 40.7 Å². The maximum absolute atomic E-state index is 12.6. The minimum absolute atomic E-state index is 0.101. The number of anilines is 3. The van der Waals surface area contributed by atoms with Gasteiger partial charge in [-0.15, -0.1) is 0 Å². The summed E-state index contributed by atoms with van der Waals surface area (Å²) >= 11 is 0. The summed E-state index contributed by atoms with van der Waals surface area (Å²) in [4.78, 5) is 32.9. The lowest BCUT2D eigenvalue weighted by molar-refractivity contribution is 0.0442. The number of ether oxygens (including phenoxy) is 2. The largest absolute Gasteiger partial charge is 0.475 e. The van der Waals surface area contributed by atoms with Crippen LogP contribution in [0.3, 0.4) is 0 Å². The van der Waals surface area contributed by atoms with Gasteiger partial charge in [-0.05, 0) is 32.3 Å². The fourth-order valence-corrected chi connectivity index (χ4v) is 5.32. The van der Waals surface area contributed by atoms with Crippen LogP contribution in [0.25, 0.3) is 0 Å². The Balaban J connectivity index is 1.34. The van der Waals surface area contributed by atoms with E-state index in [2.05, 4.69) is 25.6 Å². The Morgan fingerprint density at radius 3 is 2.60 bits per heavy atom. The highest BCUT2D eigenvalue weighted by Crippen LogP contribution is 2.37. The molecular formula is C29H33N7O4. The third-order valence-corrected chi connectivity index (χ3v) is 8.07. The van der Waals surface area contributed by atoms with Crippen molar-refractivity contribution in [3.63, 3.8) is 0 Å². The second-order valence-electron chi connectivity index (χ2n) is 11.0. The normalized spacial score (nSPS) is 19.6. The molecule has 1 saturated heterocycles. The zero-order chi connectivity index (χ0) is 27.9. The van der Waals surface area contributed by atoms with Crippen LogP contribution >= 0.6 is 0 Å². The minimum atomic E-state index is -0.558. The SMILES string of the molecule is CN1C(=O)c2cnc(Nc3cc(N[C@H](CO)c4ccccc4)c(C4=NC5(CCOCC5)CO4)cn3)nc2C1(C)C. The van der Waals surface area contributed by atoms with E-state index >= 15 is 0 Å². The van der Waals surface area contributed by atoms with E-state index in [0.29, 0.717) is 60.0 Å². The van der Waals surface area contributed by atoms with Crippen molar-refractivity contribution in [2.45, 2.75) is 43.8 Å². The van der Waals surface area contributed by atoms with Crippen molar-refractivity contribution in [3.8, 4) is 0 Å². The van der Waals surface area contributed by atoms with E-state index in [0.717, 1.165) is 18.4 Å². The summed E-state index contributed by atoms with van der Waals surface area (Å²) in [5, 5.41) is 16.9. The molecule has 208 valence electrons. The van der Waals surface area contributed by atoms with Gasteiger partial charge in [-0.1, -0.05) is 30.3 Å². The summed E-state index contributed by atoms with van der Waals surface area (Å²) in [5.74, 6) is 1.24. The summed E-state index contributed by atoms with van der Waals surface area (Å²) in [7, 11) is 1.76. The second kappa shape index (κ2) is 10.1. The highest BCUT2D eigenvalue weighted by atomic mass is 16.5. The molecule has 3 aromatic rings. The van der Waals surface area contributed by atoms with Crippen LogP contribution in [0.2, 0.25) is 0 Å². The summed E-state index contributed by atoms with van der Waals surface area (Å²) in [5.41, 5.74) is 2.65. The number of hydrogen-bond donors (Lipinski definition) is 3. The highest BCUT2D eigenvalue weighted by Gasteiger charge is 2.43. The first-order chi connectivity index (χ1) is 19.3. The van der Waals surface area contributed by atoms with Crippen LogP contribution in [0.1, 0.15) is 59.9 Å². The van der Waals surface area contributed by atoms with Gasteiger partial charge in [0.15, 0.2) is 0 Å². The van der Waals surface area contributed by atoms with E-state index in [1.165, 1.54) is 0 Å². The molecule has 1 aromatic carbocycles. The Labute approximate surface area is 232 Å². The standard InChI is InChI=1S/C29H33N7O4/c1-28(2)24-20(26(38)36(28)3)15-31-27(34-24)33-23-13-21(32-22(16-37)18-7-5-4-6-8-18)19(14-30-23)25-35-29(17-40-25)9-11-39-12-10-29/h4-8,13-15,22,37H,9-12,16-17H2,1-3H3,(H2,30,31,32,33,34)/t22-/m1/s1. The molecule has 3 aliphatic rings. The molecule has 0 unspecified atom stereocenters. The van der Waals surface area contributed by atoms with Crippen LogP contribution < -0.4 is 10.6 Å². The average Bonchev–Trinajstić information content (AvgIpc) is 3.45. The van der Waals surface area contributed by atoms with Gasteiger partial charge in [-0.3, -0.25) is 4.79 Å². The Morgan fingerprint density at radius 2 is 1.85 bits per heavy atom. The Kier molecular flexibility index (Phi) is 6.63. The van der Waals surface area contributed by atoms with Crippen molar-refractivity contribution in [2.75, 3.05) is 44.1 Å². The Morgan fingerprint density at radius 1 is 1.10 bits per heavy atom. The minimum Gasteiger partial charge on any atom is -0.475 e. The van der Waals surface area contributed by atoms with Crippen LogP contribution in [0, 0.1) is 0 Å². The van der Waals surface area contributed by atoms with Crippen molar-refractivity contribution in [1.82, 2.24) is 19.9 Å². The van der Waals surface area contributed by atoms with Crippen molar-refractivity contribution in [3.05, 3.63) is 71.2 Å². The van der Waals surface area contributed by atoms with E-state index in [4.69, 9.17) is 14.5 Å². The first-order valence-corrected chi connectivity index (χ1v) is 13.5. The molecule has 5 heterocycles. The lowest BCUT2D eigenvalue weighted by atomic mass is 9.92. The number of hydrogen-bond acceptors (Lipinski definition) is 10. The van der Waals surface area contributed by atoms with Crippen molar-refractivity contribution >= 4 is 29.3 Å². The Bertz CT molecular complexity index is 1450. The predicted octanol–water partition coefficient (Wildman–Crippen LogP) is 3.41. The molecule has 11 heteroatoms. The zero-order valence-corrected chi connectivity index (χ0v) is 22.8. The third kappa shape index (κ3) is 4.65. The summed E-state index contributed by atoms with van der Waals surface area (Å²) in [6.45, 7) is 5.61. The third-order valence-electron chi connectivity index (χ3n) is 8.07. The number of nitrogens with one attached hydrogen (secondary N) is 2. The van der Waals surface area contributed by atoms with Gasteiger partial charge in [0.25, 0.3) is 5.91 Å². The first kappa shape index (κ1) is 26.1. The Hall–Kier alpha value is -4.09. The molecule has 0 aliphatic carbocycles. The van der Waals surface area contributed by atoms with Crippen LogP contribution in [-0.4, -0.2) is 75.8 Å². The molecule has 2 aromatic heterocycles. The van der Waals surface area contributed by atoms with Crippen LogP contribution in [0.15, 0.2) is 53.8 Å². The highest BCUT2D eigenvalue weighted by molar-refractivity contribution is 6.01. The number of amides is 1. The second-order valence-corrected chi connectivity index (χ2v) is 11.0. The summed E-state index contributed by atoms with van der Waals surface area (Å²) < 4.78 is 11.7. The molecular weight excluding hydrogens is 510 g/mol. The smallest absolute Gasteiger partial charge is 0.257 e. The van der Waals surface area contributed by atoms with E-state index in [1.54, 1.807) is 24.3 Å². The molecule has 40 heavy (non-hydrogen) atoms. The zero-order valence-electron chi connectivity index (χ0n) is 22.8. The van der Waals surface area contributed by atoms with Gasteiger partial charge in [-0.2, -0.15) is 0 Å². The quantitative estimate of drug-likeness (QED) is 0.410. The number of carbonyl (C=O) groups is 1. The molecule has 0 radical (unpaired) electrons. The molecule has 1 amide bonds. The molecule has 1 fully saturated rings. The molecule has 3 aliphatic heterocycles. The maximum Gasteiger partial charge on any atom is 0.257 e. The number of rotatable bonds is 7. The number of fused-ring (bicyclic) bond motifs is 1. The van der Waals surface area contributed by atoms with Gasteiger partial charge in [-0.25, -0.2) is 19.9 Å². The number of benzene rings is 1. The predicted molar refractivity (Wildman–Crippen MR) is 150 cm³/mol. The van der Waals surface area contributed by atoms with Crippen LogP contribution in [-0.2, 0) is 15.0 Å². The maximum atomic E-state index is 12.6. The monoisotopic (exact) mass is 543 g/mol. The van der Waals surface area contributed by atoms with E-state index in [1.807, 2.05) is 50.2 Å². The number of nitrogens with zero attached hydrogens (tertiary/aromatic N) is 5. The van der Waals surface area contributed by atoms with Gasteiger partial charge in [0.1, 0.15) is 18.0 Å². The molecule has 11 nitrogen and oxygen atoms in total. The molecule has 1 spiro atoms. The number of aromatic nitrogens is 3. The molecule has 0 bridgehead atoms.